The van der Waals surface area contributed by atoms with E-state index in [2.05, 4.69) is 31.9 Å². The first-order valence-corrected chi connectivity index (χ1v) is 8.43. The summed E-state index contributed by atoms with van der Waals surface area (Å²) in [6.07, 6.45) is 0.819. The summed E-state index contributed by atoms with van der Waals surface area (Å²) in [6.45, 7) is 0. The van der Waals surface area contributed by atoms with Crippen LogP contribution >= 0.6 is 43.5 Å². The van der Waals surface area contributed by atoms with Crippen LogP contribution in [0.4, 0.5) is 0 Å². The molecule has 0 fully saturated rings. The van der Waals surface area contributed by atoms with Crippen molar-refractivity contribution in [3.8, 4) is 11.5 Å². The number of ether oxygens (including phenoxy) is 2. The Bertz CT molecular complexity index is 632. The monoisotopic (exact) mass is 432 g/mol. The third-order valence-electron chi connectivity index (χ3n) is 3.16. The van der Waals surface area contributed by atoms with Gasteiger partial charge in [0.15, 0.2) is 11.5 Å². The van der Waals surface area contributed by atoms with Gasteiger partial charge in [0.1, 0.15) is 0 Å². The zero-order valence-electron chi connectivity index (χ0n) is 11.7. The second kappa shape index (κ2) is 7.52. The number of rotatable bonds is 5. The van der Waals surface area contributed by atoms with E-state index >= 15 is 0 Å². The standard InChI is InChI=1S/C16H15Br2ClO2/c1-20-15-6-3-10(8-16(15)21-2)7-14(18)12-9-11(19)4-5-13(12)17/h3-6,8-9,14H,7H2,1-2H3. The summed E-state index contributed by atoms with van der Waals surface area (Å²) in [5.41, 5.74) is 2.28. The van der Waals surface area contributed by atoms with E-state index in [1.165, 1.54) is 0 Å². The number of halogens is 3. The van der Waals surface area contributed by atoms with Crippen LogP contribution in [-0.2, 0) is 6.42 Å². The molecule has 0 heterocycles. The first-order chi connectivity index (χ1) is 10.0. The van der Waals surface area contributed by atoms with Gasteiger partial charge >= 0.3 is 0 Å². The number of methoxy groups -OCH3 is 2. The maximum atomic E-state index is 6.07. The summed E-state index contributed by atoms with van der Waals surface area (Å²) in [6, 6.07) is 11.7. The molecule has 1 unspecified atom stereocenters. The molecule has 1 atom stereocenters. The van der Waals surface area contributed by atoms with Crippen molar-refractivity contribution in [3.05, 3.63) is 57.0 Å². The van der Waals surface area contributed by atoms with Crippen molar-refractivity contribution in [1.29, 1.82) is 0 Å². The van der Waals surface area contributed by atoms with E-state index in [0.29, 0.717) is 0 Å². The second-order valence-electron chi connectivity index (χ2n) is 4.53. The molecule has 0 aliphatic rings. The van der Waals surface area contributed by atoms with Crippen LogP contribution in [0.5, 0.6) is 11.5 Å². The first kappa shape index (κ1) is 16.7. The van der Waals surface area contributed by atoms with Gasteiger partial charge in [-0.1, -0.05) is 49.5 Å². The van der Waals surface area contributed by atoms with E-state index in [4.69, 9.17) is 21.1 Å². The number of alkyl halides is 1. The fourth-order valence-electron chi connectivity index (χ4n) is 2.08. The van der Waals surface area contributed by atoms with Gasteiger partial charge in [-0.25, -0.2) is 0 Å². The van der Waals surface area contributed by atoms with Crippen LogP contribution in [0, 0.1) is 0 Å². The summed E-state index contributed by atoms with van der Waals surface area (Å²) in [5.74, 6) is 1.47. The van der Waals surface area contributed by atoms with Crippen molar-refractivity contribution in [2.24, 2.45) is 0 Å². The van der Waals surface area contributed by atoms with E-state index < -0.39 is 0 Å². The van der Waals surface area contributed by atoms with Gasteiger partial charge in [-0.3, -0.25) is 0 Å². The van der Waals surface area contributed by atoms with Crippen molar-refractivity contribution in [1.82, 2.24) is 0 Å². The lowest BCUT2D eigenvalue weighted by Gasteiger charge is -2.14. The zero-order chi connectivity index (χ0) is 15.4. The minimum atomic E-state index is 0.156. The molecule has 0 aromatic heterocycles. The van der Waals surface area contributed by atoms with Crippen LogP contribution < -0.4 is 9.47 Å². The summed E-state index contributed by atoms with van der Waals surface area (Å²) < 4.78 is 11.6. The quantitative estimate of drug-likeness (QED) is 0.554. The lowest BCUT2D eigenvalue weighted by Crippen LogP contribution is -1.98. The first-order valence-electron chi connectivity index (χ1n) is 6.35. The molecule has 2 rings (SSSR count). The van der Waals surface area contributed by atoms with Crippen LogP contribution in [0.15, 0.2) is 40.9 Å². The van der Waals surface area contributed by atoms with Gasteiger partial charge in [0.25, 0.3) is 0 Å². The van der Waals surface area contributed by atoms with Gasteiger partial charge in [-0.15, -0.1) is 0 Å². The van der Waals surface area contributed by atoms with Crippen molar-refractivity contribution < 1.29 is 9.47 Å². The smallest absolute Gasteiger partial charge is 0.160 e. The van der Waals surface area contributed by atoms with Crippen molar-refractivity contribution >= 4 is 43.5 Å². The third-order valence-corrected chi connectivity index (χ3v) is 4.93. The van der Waals surface area contributed by atoms with E-state index in [9.17, 15) is 0 Å². The van der Waals surface area contributed by atoms with E-state index in [0.717, 1.165) is 38.5 Å². The summed E-state index contributed by atoms with van der Waals surface area (Å²) in [4.78, 5) is 0.156. The minimum absolute atomic E-state index is 0.156. The Morgan fingerprint density at radius 2 is 1.76 bits per heavy atom. The molecule has 0 radical (unpaired) electrons. The average molecular weight is 435 g/mol. The highest BCUT2D eigenvalue weighted by molar-refractivity contribution is 9.11. The van der Waals surface area contributed by atoms with Gasteiger partial charge in [-0.2, -0.15) is 0 Å². The Balaban J connectivity index is 2.23. The van der Waals surface area contributed by atoms with Crippen molar-refractivity contribution in [2.45, 2.75) is 11.2 Å². The largest absolute Gasteiger partial charge is 0.493 e. The van der Waals surface area contributed by atoms with Gasteiger partial charge in [0.2, 0.25) is 0 Å². The molecule has 0 saturated heterocycles. The summed E-state index contributed by atoms with van der Waals surface area (Å²) in [7, 11) is 3.27. The molecule has 0 spiro atoms. The molecule has 0 N–H and O–H groups in total. The molecule has 5 heteroatoms. The molecule has 2 aromatic carbocycles. The van der Waals surface area contributed by atoms with Crippen LogP contribution in [-0.4, -0.2) is 14.2 Å². The predicted molar refractivity (Wildman–Crippen MR) is 94.1 cm³/mol. The second-order valence-corrected chi connectivity index (χ2v) is 6.92. The molecule has 0 saturated carbocycles. The Hall–Kier alpha value is -0.710. The lowest BCUT2D eigenvalue weighted by atomic mass is 10.0. The Kier molecular flexibility index (Phi) is 5.97. The lowest BCUT2D eigenvalue weighted by molar-refractivity contribution is 0.354. The normalized spacial score (nSPS) is 12.0. The summed E-state index contributed by atoms with van der Waals surface area (Å²) in [5, 5.41) is 0.727. The highest BCUT2D eigenvalue weighted by Crippen LogP contribution is 2.36. The molecule has 0 bridgehead atoms. The fraction of sp³-hybridized carbons (Fsp3) is 0.250. The van der Waals surface area contributed by atoms with Crippen LogP contribution in [0.2, 0.25) is 5.02 Å². The number of hydrogen-bond donors (Lipinski definition) is 0. The maximum absolute atomic E-state index is 6.07. The summed E-state index contributed by atoms with van der Waals surface area (Å²) >= 11 is 13.4. The molecule has 2 nitrogen and oxygen atoms in total. The SMILES string of the molecule is COc1ccc(CC(Br)c2cc(Cl)ccc2Br)cc1OC. The van der Waals surface area contributed by atoms with Crippen molar-refractivity contribution in [2.75, 3.05) is 14.2 Å². The Morgan fingerprint density at radius 3 is 2.43 bits per heavy atom. The van der Waals surface area contributed by atoms with Crippen LogP contribution in [0.1, 0.15) is 16.0 Å². The maximum Gasteiger partial charge on any atom is 0.160 e. The van der Waals surface area contributed by atoms with Crippen LogP contribution in [0.3, 0.4) is 0 Å². The van der Waals surface area contributed by atoms with Crippen molar-refractivity contribution in [3.63, 3.8) is 0 Å². The molecular weight excluding hydrogens is 419 g/mol. The molecular formula is C16H15Br2ClO2. The van der Waals surface area contributed by atoms with Gasteiger partial charge < -0.3 is 9.47 Å². The van der Waals surface area contributed by atoms with Gasteiger partial charge in [0, 0.05) is 14.3 Å². The number of hydrogen-bond acceptors (Lipinski definition) is 2. The van der Waals surface area contributed by atoms with E-state index in [1.54, 1.807) is 14.2 Å². The minimum Gasteiger partial charge on any atom is -0.493 e. The highest BCUT2D eigenvalue weighted by atomic mass is 79.9. The third kappa shape index (κ3) is 4.15. The molecule has 112 valence electrons. The predicted octanol–water partition coefficient (Wildman–Crippen LogP) is 5.80. The Labute approximate surface area is 146 Å². The molecule has 21 heavy (non-hydrogen) atoms. The van der Waals surface area contributed by atoms with E-state index in [1.807, 2.05) is 36.4 Å². The average Bonchev–Trinajstić information content (AvgIpc) is 2.49. The van der Waals surface area contributed by atoms with E-state index in [-0.39, 0.29) is 4.83 Å². The molecule has 0 aliphatic carbocycles. The Morgan fingerprint density at radius 1 is 1.05 bits per heavy atom. The molecule has 0 amide bonds. The molecule has 2 aromatic rings. The fourth-order valence-corrected chi connectivity index (χ4v) is 3.84. The highest BCUT2D eigenvalue weighted by Gasteiger charge is 2.14. The van der Waals surface area contributed by atoms with Crippen LogP contribution in [0.25, 0.3) is 0 Å². The number of benzene rings is 2. The molecule has 0 aliphatic heterocycles. The van der Waals surface area contributed by atoms with Gasteiger partial charge in [-0.05, 0) is 47.9 Å². The zero-order valence-corrected chi connectivity index (χ0v) is 15.6. The topological polar surface area (TPSA) is 18.5 Å². The van der Waals surface area contributed by atoms with Gasteiger partial charge in [0.05, 0.1) is 14.2 Å².